The van der Waals surface area contributed by atoms with Gasteiger partial charge in [0, 0.05) is 4.47 Å². The van der Waals surface area contributed by atoms with Gasteiger partial charge in [0.05, 0.1) is 12.5 Å². The summed E-state index contributed by atoms with van der Waals surface area (Å²) in [5.74, 6) is 0. The summed E-state index contributed by atoms with van der Waals surface area (Å²) in [5.41, 5.74) is 0.823. The number of rotatable bonds is 3. The summed E-state index contributed by atoms with van der Waals surface area (Å²) in [6, 6.07) is 7.33. The van der Waals surface area contributed by atoms with Crippen LogP contribution in [0.15, 0.2) is 33.8 Å². The van der Waals surface area contributed by atoms with E-state index in [4.69, 9.17) is 0 Å². The molecule has 0 radical (unpaired) electrons. The molecule has 0 fully saturated rings. The SMILES string of the molecule is CS(=O)(=O)N/N=C\c1ccc(Br)cc1. The fourth-order valence-corrected chi connectivity index (χ4v) is 1.25. The maximum Gasteiger partial charge on any atom is 0.244 e. The monoisotopic (exact) mass is 276 g/mol. The Labute approximate surface area is 91.2 Å². The molecule has 0 atom stereocenters. The third kappa shape index (κ3) is 4.38. The second-order valence-electron chi connectivity index (χ2n) is 2.67. The number of hydrogen-bond acceptors (Lipinski definition) is 3. The first kappa shape index (κ1) is 11.2. The summed E-state index contributed by atoms with van der Waals surface area (Å²) < 4.78 is 22.3. The van der Waals surface area contributed by atoms with Crippen molar-refractivity contribution in [3.63, 3.8) is 0 Å². The number of nitrogens with zero attached hydrogens (tertiary/aromatic N) is 1. The summed E-state index contributed by atoms with van der Waals surface area (Å²) in [6.45, 7) is 0. The fraction of sp³-hybridized carbons (Fsp3) is 0.125. The molecule has 0 heterocycles. The van der Waals surface area contributed by atoms with Gasteiger partial charge in [-0.3, -0.25) is 0 Å². The van der Waals surface area contributed by atoms with Crippen molar-refractivity contribution in [3.8, 4) is 0 Å². The molecule has 0 saturated carbocycles. The molecule has 1 aromatic rings. The molecule has 4 nitrogen and oxygen atoms in total. The maximum atomic E-state index is 10.6. The van der Waals surface area contributed by atoms with E-state index in [1.807, 2.05) is 29.1 Å². The molecule has 1 aromatic carbocycles. The molecule has 0 spiro atoms. The predicted molar refractivity (Wildman–Crippen MR) is 59.7 cm³/mol. The molecule has 0 aliphatic heterocycles. The van der Waals surface area contributed by atoms with Crippen LogP contribution in [0.25, 0.3) is 0 Å². The first-order chi connectivity index (χ1) is 6.47. The lowest BCUT2D eigenvalue weighted by atomic mass is 10.2. The van der Waals surface area contributed by atoms with Crippen molar-refractivity contribution in [1.82, 2.24) is 4.83 Å². The van der Waals surface area contributed by atoms with Crippen molar-refractivity contribution in [2.75, 3.05) is 6.26 Å². The highest BCUT2D eigenvalue weighted by Gasteiger charge is 1.94. The number of hydrazone groups is 1. The maximum absolute atomic E-state index is 10.6. The van der Waals surface area contributed by atoms with Gasteiger partial charge in [-0.15, -0.1) is 0 Å². The minimum atomic E-state index is -3.26. The molecule has 0 saturated heterocycles. The van der Waals surface area contributed by atoms with E-state index in [0.717, 1.165) is 16.3 Å². The quantitative estimate of drug-likeness (QED) is 0.669. The van der Waals surface area contributed by atoms with Crippen LogP contribution in [-0.4, -0.2) is 20.9 Å². The van der Waals surface area contributed by atoms with Crippen molar-refractivity contribution in [2.24, 2.45) is 5.10 Å². The number of nitrogens with one attached hydrogen (secondary N) is 1. The minimum Gasteiger partial charge on any atom is -0.206 e. The highest BCUT2D eigenvalue weighted by Crippen LogP contribution is 2.08. The molecular weight excluding hydrogens is 268 g/mol. The normalized spacial score (nSPS) is 11.9. The fourth-order valence-electron chi connectivity index (χ4n) is 0.745. The van der Waals surface area contributed by atoms with Gasteiger partial charge in [0.15, 0.2) is 0 Å². The first-order valence-corrected chi connectivity index (χ1v) is 6.41. The average Bonchev–Trinajstić information content (AvgIpc) is 2.06. The number of benzene rings is 1. The Kier molecular flexibility index (Phi) is 3.65. The summed E-state index contributed by atoms with van der Waals surface area (Å²) in [4.78, 5) is 2.01. The van der Waals surface area contributed by atoms with Crippen molar-refractivity contribution in [1.29, 1.82) is 0 Å². The van der Waals surface area contributed by atoms with E-state index >= 15 is 0 Å². The van der Waals surface area contributed by atoms with Gasteiger partial charge in [-0.05, 0) is 17.7 Å². The average molecular weight is 277 g/mol. The van der Waals surface area contributed by atoms with Crippen molar-refractivity contribution in [2.45, 2.75) is 0 Å². The zero-order valence-electron chi connectivity index (χ0n) is 7.44. The molecule has 1 N–H and O–H groups in total. The molecule has 0 aromatic heterocycles. The minimum absolute atomic E-state index is 0.823. The Morgan fingerprint density at radius 2 is 1.93 bits per heavy atom. The Morgan fingerprint density at radius 1 is 1.36 bits per heavy atom. The first-order valence-electron chi connectivity index (χ1n) is 3.73. The smallest absolute Gasteiger partial charge is 0.206 e. The topological polar surface area (TPSA) is 58.5 Å². The summed E-state index contributed by atoms with van der Waals surface area (Å²) >= 11 is 3.29. The van der Waals surface area contributed by atoms with Gasteiger partial charge in [-0.2, -0.15) is 5.10 Å². The number of halogens is 1. The lowest BCUT2D eigenvalue weighted by Crippen LogP contribution is -2.15. The van der Waals surface area contributed by atoms with Crippen LogP contribution >= 0.6 is 15.9 Å². The van der Waals surface area contributed by atoms with E-state index in [9.17, 15) is 8.42 Å². The third-order valence-electron chi connectivity index (χ3n) is 1.30. The lowest BCUT2D eigenvalue weighted by molar-refractivity contribution is 0.591. The Morgan fingerprint density at radius 3 is 2.43 bits per heavy atom. The Bertz CT molecular complexity index is 425. The van der Waals surface area contributed by atoms with Crippen LogP contribution in [0.1, 0.15) is 5.56 Å². The van der Waals surface area contributed by atoms with E-state index in [1.165, 1.54) is 6.21 Å². The largest absolute Gasteiger partial charge is 0.244 e. The van der Waals surface area contributed by atoms with Crippen molar-refractivity contribution < 1.29 is 8.42 Å². The van der Waals surface area contributed by atoms with E-state index in [-0.39, 0.29) is 0 Å². The molecule has 0 bridgehead atoms. The van der Waals surface area contributed by atoms with Crippen LogP contribution in [0.5, 0.6) is 0 Å². The zero-order valence-corrected chi connectivity index (χ0v) is 9.84. The van der Waals surface area contributed by atoms with Gasteiger partial charge in [0.25, 0.3) is 0 Å². The Hall–Kier alpha value is -0.880. The highest BCUT2D eigenvalue weighted by atomic mass is 79.9. The molecule has 0 unspecified atom stereocenters. The second-order valence-corrected chi connectivity index (χ2v) is 5.32. The van der Waals surface area contributed by atoms with Crippen LogP contribution in [0.4, 0.5) is 0 Å². The Balaban J connectivity index is 2.65. The number of sulfonamides is 1. The van der Waals surface area contributed by atoms with Gasteiger partial charge in [-0.1, -0.05) is 28.1 Å². The van der Waals surface area contributed by atoms with Crippen molar-refractivity contribution >= 4 is 32.2 Å². The third-order valence-corrected chi connectivity index (χ3v) is 2.27. The van der Waals surface area contributed by atoms with Gasteiger partial charge in [0.2, 0.25) is 10.0 Å². The van der Waals surface area contributed by atoms with Gasteiger partial charge in [0.1, 0.15) is 0 Å². The zero-order chi connectivity index (χ0) is 10.6. The molecule has 6 heteroatoms. The van der Waals surface area contributed by atoms with E-state index in [2.05, 4.69) is 21.0 Å². The molecule has 0 amide bonds. The summed E-state index contributed by atoms with van der Waals surface area (Å²) in [6.07, 6.45) is 2.49. The molecular formula is C8H9BrN2O2S. The van der Waals surface area contributed by atoms with Gasteiger partial charge < -0.3 is 0 Å². The van der Waals surface area contributed by atoms with Gasteiger partial charge in [-0.25, -0.2) is 13.2 Å². The van der Waals surface area contributed by atoms with Crippen LogP contribution in [0.3, 0.4) is 0 Å². The van der Waals surface area contributed by atoms with E-state index in [1.54, 1.807) is 0 Å². The lowest BCUT2D eigenvalue weighted by Gasteiger charge is -1.95. The summed E-state index contributed by atoms with van der Waals surface area (Å²) in [7, 11) is -3.26. The standard InChI is InChI=1S/C8H9BrN2O2S/c1-14(12,13)11-10-6-7-2-4-8(9)5-3-7/h2-6,11H,1H3/b10-6-. The van der Waals surface area contributed by atoms with Crippen molar-refractivity contribution in [3.05, 3.63) is 34.3 Å². The second kappa shape index (κ2) is 4.56. The van der Waals surface area contributed by atoms with E-state index < -0.39 is 10.0 Å². The summed E-state index contributed by atoms with van der Waals surface area (Å²) in [5, 5.41) is 3.56. The van der Waals surface area contributed by atoms with Crippen LogP contribution < -0.4 is 4.83 Å². The predicted octanol–water partition coefficient (Wildman–Crippen LogP) is 1.33. The molecule has 0 aliphatic rings. The molecule has 0 aliphatic carbocycles. The highest BCUT2D eigenvalue weighted by molar-refractivity contribution is 9.10. The van der Waals surface area contributed by atoms with Crippen LogP contribution in [-0.2, 0) is 10.0 Å². The van der Waals surface area contributed by atoms with Gasteiger partial charge >= 0.3 is 0 Å². The van der Waals surface area contributed by atoms with E-state index in [0.29, 0.717) is 0 Å². The van der Waals surface area contributed by atoms with Crippen LogP contribution in [0, 0.1) is 0 Å². The number of hydrogen-bond donors (Lipinski definition) is 1. The van der Waals surface area contributed by atoms with Crippen LogP contribution in [0.2, 0.25) is 0 Å². The molecule has 1 rings (SSSR count). The molecule has 14 heavy (non-hydrogen) atoms. The molecule has 76 valence electrons.